The molecule has 0 saturated heterocycles. The first-order valence-corrected chi connectivity index (χ1v) is 7.44. The zero-order valence-corrected chi connectivity index (χ0v) is 13.1. The van der Waals surface area contributed by atoms with Crippen LogP contribution in [0.4, 0.5) is 11.4 Å². The summed E-state index contributed by atoms with van der Waals surface area (Å²) in [6.45, 7) is 0.0803. The van der Waals surface area contributed by atoms with Gasteiger partial charge >= 0.3 is 5.97 Å². The van der Waals surface area contributed by atoms with Crippen LogP contribution in [0.15, 0.2) is 54.6 Å². The second-order valence-corrected chi connectivity index (χ2v) is 5.29. The number of nitrogens with zero attached hydrogens (tertiary/aromatic N) is 1. The van der Waals surface area contributed by atoms with E-state index in [0.717, 1.165) is 5.39 Å². The number of rotatable bonds is 1. The maximum atomic E-state index is 10.9. The maximum Gasteiger partial charge on any atom is 0.354 e. The molecule has 25 heavy (non-hydrogen) atoms. The number of anilines is 2. The number of carboxylic acid groups (broad SMARTS) is 1. The van der Waals surface area contributed by atoms with Gasteiger partial charge in [-0.25, -0.2) is 9.78 Å². The summed E-state index contributed by atoms with van der Waals surface area (Å²) in [5, 5.41) is 12.3. The van der Waals surface area contributed by atoms with Crippen LogP contribution in [-0.2, 0) is 4.79 Å². The molecule has 0 spiro atoms. The van der Waals surface area contributed by atoms with Crippen LogP contribution >= 0.6 is 0 Å². The summed E-state index contributed by atoms with van der Waals surface area (Å²) >= 11 is 0. The Hall–Kier alpha value is -3.61. The SMILES string of the molecule is Nc1ccc2c(c1)NC(=O)CO2.O=C(O)c1ccc2ccccc2n1. The van der Waals surface area contributed by atoms with Gasteiger partial charge in [0.05, 0.1) is 11.2 Å². The number of benzene rings is 2. The van der Waals surface area contributed by atoms with Crippen molar-refractivity contribution >= 4 is 34.2 Å². The predicted molar refractivity (Wildman–Crippen MR) is 93.7 cm³/mol. The lowest BCUT2D eigenvalue weighted by atomic mass is 10.2. The van der Waals surface area contributed by atoms with Crippen molar-refractivity contribution in [2.24, 2.45) is 0 Å². The third-order valence-electron chi connectivity index (χ3n) is 3.45. The van der Waals surface area contributed by atoms with Crippen LogP contribution in [0.2, 0.25) is 0 Å². The number of nitrogens with one attached hydrogen (secondary N) is 1. The van der Waals surface area contributed by atoms with E-state index >= 15 is 0 Å². The molecule has 3 aromatic rings. The first kappa shape index (κ1) is 16.3. The summed E-state index contributed by atoms with van der Waals surface area (Å²) in [7, 11) is 0. The van der Waals surface area contributed by atoms with Crippen LogP contribution in [0.25, 0.3) is 10.9 Å². The van der Waals surface area contributed by atoms with Crippen molar-refractivity contribution in [3.8, 4) is 5.75 Å². The highest BCUT2D eigenvalue weighted by Gasteiger charge is 2.14. The second kappa shape index (κ2) is 6.88. The minimum Gasteiger partial charge on any atom is -0.482 e. The fourth-order valence-electron chi connectivity index (χ4n) is 2.29. The molecule has 0 bridgehead atoms. The molecule has 7 heteroatoms. The van der Waals surface area contributed by atoms with Gasteiger partial charge in [-0.2, -0.15) is 0 Å². The van der Waals surface area contributed by atoms with Crippen molar-refractivity contribution < 1.29 is 19.4 Å². The summed E-state index contributed by atoms with van der Waals surface area (Å²) in [6, 6.07) is 15.8. The molecule has 2 heterocycles. The lowest BCUT2D eigenvalue weighted by Crippen LogP contribution is -2.25. The lowest BCUT2D eigenvalue weighted by Gasteiger charge is -2.17. The van der Waals surface area contributed by atoms with Crippen molar-refractivity contribution in [3.05, 3.63) is 60.3 Å². The third-order valence-corrected chi connectivity index (χ3v) is 3.45. The molecule has 1 aromatic heterocycles. The number of hydrogen-bond acceptors (Lipinski definition) is 5. The number of nitrogens with two attached hydrogens (primary N) is 1. The summed E-state index contributed by atoms with van der Waals surface area (Å²) in [5.41, 5.74) is 7.57. The number of amides is 1. The van der Waals surface area contributed by atoms with E-state index in [4.69, 9.17) is 15.6 Å². The van der Waals surface area contributed by atoms with E-state index in [2.05, 4.69) is 10.3 Å². The van der Waals surface area contributed by atoms with Gasteiger partial charge < -0.3 is 20.9 Å². The number of aromatic nitrogens is 1. The Balaban J connectivity index is 0.000000146. The van der Waals surface area contributed by atoms with Gasteiger partial charge in [0.15, 0.2) is 6.61 Å². The summed E-state index contributed by atoms with van der Waals surface area (Å²) in [5.74, 6) is -0.470. The highest BCUT2D eigenvalue weighted by Crippen LogP contribution is 2.28. The Morgan fingerprint density at radius 3 is 2.76 bits per heavy atom. The van der Waals surface area contributed by atoms with Gasteiger partial charge in [-0.1, -0.05) is 24.3 Å². The molecular formula is C18H15N3O4. The average Bonchev–Trinajstić information content (AvgIpc) is 2.61. The van der Waals surface area contributed by atoms with E-state index in [-0.39, 0.29) is 18.2 Å². The number of nitrogen functional groups attached to an aromatic ring is 1. The molecule has 126 valence electrons. The van der Waals surface area contributed by atoms with Crippen LogP contribution in [0, 0.1) is 0 Å². The topological polar surface area (TPSA) is 115 Å². The Morgan fingerprint density at radius 2 is 1.96 bits per heavy atom. The highest BCUT2D eigenvalue weighted by molar-refractivity contribution is 5.95. The zero-order chi connectivity index (χ0) is 17.8. The zero-order valence-electron chi connectivity index (χ0n) is 13.1. The van der Waals surface area contributed by atoms with Crippen LogP contribution in [0.1, 0.15) is 10.5 Å². The van der Waals surface area contributed by atoms with Crippen LogP contribution in [0.5, 0.6) is 5.75 Å². The Kier molecular flexibility index (Phi) is 4.47. The molecular weight excluding hydrogens is 322 g/mol. The van der Waals surface area contributed by atoms with E-state index in [9.17, 15) is 9.59 Å². The highest BCUT2D eigenvalue weighted by atomic mass is 16.5. The number of ether oxygens (including phenoxy) is 1. The molecule has 0 radical (unpaired) electrons. The molecule has 0 aliphatic carbocycles. The minimum atomic E-state index is -0.995. The Morgan fingerprint density at radius 1 is 1.16 bits per heavy atom. The lowest BCUT2D eigenvalue weighted by molar-refractivity contribution is -0.118. The molecule has 1 aliphatic rings. The normalized spacial score (nSPS) is 12.2. The number of pyridine rings is 1. The average molecular weight is 337 g/mol. The molecule has 0 fully saturated rings. The molecule has 4 rings (SSSR count). The maximum absolute atomic E-state index is 10.9. The first-order chi connectivity index (χ1) is 12.0. The van der Waals surface area contributed by atoms with E-state index in [1.54, 1.807) is 30.3 Å². The quantitative estimate of drug-likeness (QED) is 0.588. The third kappa shape index (κ3) is 3.84. The fraction of sp³-hybridized carbons (Fsp3) is 0.0556. The van der Waals surface area contributed by atoms with Crippen molar-refractivity contribution in [3.63, 3.8) is 0 Å². The fourth-order valence-corrected chi connectivity index (χ4v) is 2.29. The standard InChI is InChI=1S/C10H7NO2.C8H8N2O2/c12-10(13)9-6-5-7-3-1-2-4-8(7)11-9;9-5-1-2-7-6(3-5)10-8(11)4-12-7/h1-6H,(H,12,13);1-3H,4,9H2,(H,10,11). The largest absolute Gasteiger partial charge is 0.482 e. The number of carbonyl (C=O) groups excluding carboxylic acids is 1. The van der Waals surface area contributed by atoms with Gasteiger partial charge in [-0.05, 0) is 30.3 Å². The first-order valence-electron chi connectivity index (χ1n) is 7.44. The molecule has 0 saturated carbocycles. The van der Waals surface area contributed by atoms with E-state index in [1.807, 2.05) is 18.2 Å². The van der Waals surface area contributed by atoms with Gasteiger partial charge in [-0.3, -0.25) is 4.79 Å². The van der Waals surface area contributed by atoms with E-state index < -0.39 is 5.97 Å². The van der Waals surface area contributed by atoms with E-state index in [1.165, 1.54) is 6.07 Å². The molecule has 0 atom stereocenters. The van der Waals surface area contributed by atoms with Gasteiger partial charge in [0.2, 0.25) is 0 Å². The van der Waals surface area contributed by atoms with Crippen molar-refractivity contribution in [2.45, 2.75) is 0 Å². The Bertz CT molecular complexity index is 956. The van der Waals surface area contributed by atoms with Gasteiger partial charge in [-0.15, -0.1) is 0 Å². The second-order valence-electron chi connectivity index (χ2n) is 5.29. The number of para-hydroxylation sites is 1. The predicted octanol–water partition coefficient (Wildman–Crippen LogP) is 2.53. The number of aromatic carboxylic acids is 1. The molecule has 1 amide bonds. The molecule has 7 nitrogen and oxygen atoms in total. The monoisotopic (exact) mass is 337 g/mol. The van der Waals surface area contributed by atoms with Crippen molar-refractivity contribution in [2.75, 3.05) is 17.7 Å². The number of hydrogen-bond donors (Lipinski definition) is 3. The van der Waals surface area contributed by atoms with Crippen LogP contribution in [0.3, 0.4) is 0 Å². The summed E-state index contributed by atoms with van der Waals surface area (Å²) in [4.78, 5) is 25.4. The molecule has 1 aliphatic heterocycles. The molecule has 4 N–H and O–H groups in total. The molecule has 2 aromatic carbocycles. The van der Waals surface area contributed by atoms with Crippen LogP contribution < -0.4 is 15.8 Å². The number of carboxylic acids is 1. The summed E-state index contributed by atoms with van der Waals surface area (Å²) in [6.07, 6.45) is 0. The molecule has 0 unspecified atom stereocenters. The summed E-state index contributed by atoms with van der Waals surface area (Å²) < 4.78 is 5.12. The number of fused-ring (bicyclic) bond motifs is 2. The van der Waals surface area contributed by atoms with Crippen molar-refractivity contribution in [1.82, 2.24) is 4.98 Å². The Labute approximate surface area is 143 Å². The smallest absolute Gasteiger partial charge is 0.354 e. The number of carbonyl (C=O) groups is 2. The minimum absolute atomic E-state index is 0.0803. The van der Waals surface area contributed by atoms with Crippen LogP contribution in [-0.4, -0.2) is 28.6 Å². The van der Waals surface area contributed by atoms with Gasteiger partial charge in [0.25, 0.3) is 5.91 Å². The van der Waals surface area contributed by atoms with Gasteiger partial charge in [0.1, 0.15) is 11.4 Å². The van der Waals surface area contributed by atoms with Gasteiger partial charge in [0, 0.05) is 11.1 Å². The van der Waals surface area contributed by atoms with Crippen molar-refractivity contribution in [1.29, 1.82) is 0 Å². The van der Waals surface area contributed by atoms with E-state index in [0.29, 0.717) is 22.6 Å².